The van der Waals surface area contributed by atoms with Crippen LogP contribution in [-0.4, -0.2) is 28.0 Å². The Balaban J connectivity index is 0. The summed E-state index contributed by atoms with van der Waals surface area (Å²) in [7, 11) is 0. The van der Waals surface area contributed by atoms with Gasteiger partial charge in [0.25, 0.3) is 0 Å². The van der Waals surface area contributed by atoms with Crippen molar-refractivity contribution in [2.45, 2.75) is 26.2 Å². The lowest BCUT2D eigenvalue weighted by Crippen LogP contribution is -2.09. The molecular formula is C7H13ClO4. The van der Waals surface area contributed by atoms with Crippen molar-refractivity contribution in [2.24, 2.45) is 0 Å². The molecule has 0 bridgehead atoms. The smallest absolute Gasteiger partial charge is 0.414 e. The number of halogens is 1. The van der Waals surface area contributed by atoms with Crippen LogP contribution in [0.4, 0.5) is 0 Å². The van der Waals surface area contributed by atoms with E-state index in [0.717, 1.165) is 5.88 Å². The number of alkyl halides is 1. The second kappa shape index (κ2) is 10.2. The van der Waals surface area contributed by atoms with Crippen molar-refractivity contribution in [1.82, 2.24) is 0 Å². The number of carboxylic acids is 2. The van der Waals surface area contributed by atoms with E-state index in [4.69, 9.17) is 31.4 Å². The Kier molecular flexibility index (Phi) is 11.8. The topological polar surface area (TPSA) is 74.6 Å². The van der Waals surface area contributed by atoms with Crippen LogP contribution in [0, 0.1) is 0 Å². The lowest BCUT2D eigenvalue weighted by Gasteiger charge is -1.84. The highest BCUT2D eigenvalue weighted by molar-refractivity contribution is 6.27. The Morgan fingerprint density at radius 1 is 1.17 bits per heavy atom. The predicted molar refractivity (Wildman–Crippen MR) is 45.5 cm³/mol. The third kappa shape index (κ3) is 16.1. The minimum absolute atomic E-state index is 0.827. The van der Waals surface area contributed by atoms with Crippen LogP contribution in [0.15, 0.2) is 0 Å². The second-order valence-corrected chi connectivity index (χ2v) is 2.38. The Labute approximate surface area is 76.1 Å². The van der Waals surface area contributed by atoms with Crippen molar-refractivity contribution in [2.75, 3.05) is 5.88 Å². The first-order valence-electron chi connectivity index (χ1n) is 3.58. The minimum atomic E-state index is -1.82. The number of carboxylic acid groups (broad SMARTS) is 2. The van der Waals surface area contributed by atoms with E-state index < -0.39 is 11.9 Å². The van der Waals surface area contributed by atoms with Crippen LogP contribution >= 0.6 is 11.6 Å². The lowest BCUT2D eigenvalue weighted by molar-refractivity contribution is -0.159. The molecule has 0 radical (unpaired) electrons. The van der Waals surface area contributed by atoms with E-state index in [1.807, 2.05) is 0 Å². The fourth-order valence-corrected chi connectivity index (χ4v) is 0.533. The quantitative estimate of drug-likeness (QED) is 0.408. The number of rotatable bonds is 3. The molecule has 0 heterocycles. The van der Waals surface area contributed by atoms with Gasteiger partial charge in [-0.05, 0) is 6.42 Å². The lowest BCUT2D eigenvalue weighted by atomic mass is 10.3. The van der Waals surface area contributed by atoms with Crippen LogP contribution in [0.3, 0.4) is 0 Å². The van der Waals surface area contributed by atoms with Crippen LogP contribution in [0.25, 0.3) is 0 Å². The number of hydrogen-bond acceptors (Lipinski definition) is 2. The second-order valence-electron chi connectivity index (χ2n) is 2.01. The van der Waals surface area contributed by atoms with Crippen LogP contribution in [0.2, 0.25) is 0 Å². The van der Waals surface area contributed by atoms with Gasteiger partial charge in [0.05, 0.1) is 0 Å². The molecule has 4 nitrogen and oxygen atoms in total. The van der Waals surface area contributed by atoms with E-state index in [-0.39, 0.29) is 0 Å². The zero-order valence-corrected chi connectivity index (χ0v) is 7.67. The first-order chi connectivity index (χ1) is 5.56. The zero-order valence-electron chi connectivity index (χ0n) is 6.92. The molecule has 2 N–H and O–H groups in total. The van der Waals surface area contributed by atoms with E-state index in [2.05, 4.69) is 6.92 Å². The maximum Gasteiger partial charge on any atom is 0.414 e. The van der Waals surface area contributed by atoms with Crippen molar-refractivity contribution in [3.05, 3.63) is 0 Å². The molecule has 72 valence electrons. The van der Waals surface area contributed by atoms with Gasteiger partial charge in [0.1, 0.15) is 0 Å². The minimum Gasteiger partial charge on any atom is -0.473 e. The van der Waals surface area contributed by atoms with Crippen LogP contribution in [0.1, 0.15) is 26.2 Å². The molecule has 0 rings (SSSR count). The molecule has 0 unspecified atom stereocenters. The summed E-state index contributed by atoms with van der Waals surface area (Å²) in [5.41, 5.74) is 0. The summed E-state index contributed by atoms with van der Waals surface area (Å²) in [6, 6.07) is 0. The SMILES string of the molecule is CCCCCCl.O=C(O)C(=O)O. The first-order valence-corrected chi connectivity index (χ1v) is 4.11. The first kappa shape index (κ1) is 13.8. The highest BCUT2D eigenvalue weighted by Crippen LogP contribution is 1.93. The van der Waals surface area contributed by atoms with Gasteiger partial charge in [-0.15, -0.1) is 11.6 Å². The normalized spacial score (nSPS) is 8.17. The molecule has 0 aromatic rings. The van der Waals surface area contributed by atoms with E-state index in [1.54, 1.807) is 0 Å². The van der Waals surface area contributed by atoms with Crippen LogP contribution < -0.4 is 0 Å². The van der Waals surface area contributed by atoms with Gasteiger partial charge in [-0.2, -0.15) is 0 Å². The molecule has 0 fully saturated rings. The van der Waals surface area contributed by atoms with Crippen molar-refractivity contribution >= 4 is 23.5 Å². The Bertz CT molecular complexity index is 119. The van der Waals surface area contributed by atoms with E-state index in [0.29, 0.717) is 0 Å². The van der Waals surface area contributed by atoms with Gasteiger partial charge in [0.15, 0.2) is 0 Å². The van der Waals surface area contributed by atoms with E-state index in [9.17, 15) is 0 Å². The summed E-state index contributed by atoms with van der Waals surface area (Å²) >= 11 is 5.38. The Morgan fingerprint density at radius 2 is 1.58 bits per heavy atom. The van der Waals surface area contributed by atoms with Crippen molar-refractivity contribution in [1.29, 1.82) is 0 Å². The summed E-state index contributed by atoms with van der Waals surface area (Å²) in [4.78, 5) is 18.2. The Hall–Kier alpha value is -0.770. The van der Waals surface area contributed by atoms with Gasteiger partial charge in [-0.3, -0.25) is 0 Å². The molecule has 0 aliphatic heterocycles. The maximum absolute atomic E-state index is 9.10. The molecule has 0 aliphatic rings. The predicted octanol–water partition coefficient (Wildman–Crippen LogP) is 1.57. The summed E-state index contributed by atoms with van der Waals surface area (Å²) < 4.78 is 0. The average molecular weight is 197 g/mol. The van der Waals surface area contributed by atoms with Gasteiger partial charge in [0.2, 0.25) is 0 Å². The van der Waals surface area contributed by atoms with Gasteiger partial charge >= 0.3 is 11.9 Å². The third-order valence-corrected chi connectivity index (χ3v) is 1.19. The van der Waals surface area contributed by atoms with E-state index >= 15 is 0 Å². The highest BCUT2D eigenvalue weighted by Gasteiger charge is 2.04. The number of unbranched alkanes of at least 4 members (excludes halogenated alkanes) is 2. The van der Waals surface area contributed by atoms with Gasteiger partial charge in [-0.1, -0.05) is 19.8 Å². The molecule has 0 aromatic heterocycles. The zero-order chi connectivity index (χ0) is 9.98. The number of carbonyl (C=O) groups is 2. The fourth-order valence-electron chi connectivity index (χ4n) is 0.344. The number of hydrogen-bond donors (Lipinski definition) is 2. The highest BCUT2D eigenvalue weighted by atomic mass is 35.5. The molecule has 0 spiro atoms. The van der Waals surface area contributed by atoms with Crippen LogP contribution in [0.5, 0.6) is 0 Å². The van der Waals surface area contributed by atoms with Gasteiger partial charge in [-0.25, -0.2) is 9.59 Å². The summed E-state index contributed by atoms with van der Waals surface area (Å²) in [5.74, 6) is -2.82. The fraction of sp³-hybridized carbons (Fsp3) is 0.714. The molecule has 0 amide bonds. The van der Waals surface area contributed by atoms with Crippen molar-refractivity contribution in [3.8, 4) is 0 Å². The molecule has 0 saturated carbocycles. The standard InChI is InChI=1S/C5H11Cl.C2H2O4/c1-2-3-4-5-6;3-1(4)2(5)6/h2-5H2,1H3;(H,3,4)(H,5,6). The molecule has 12 heavy (non-hydrogen) atoms. The molecule has 5 heteroatoms. The maximum atomic E-state index is 9.10. The van der Waals surface area contributed by atoms with Crippen LogP contribution in [-0.2, 0) is 9.59 Å². The third-order valence-electron chi connectivity index (χ3n) is 0.920. The van der Waals surface area contributed by atoms with Gasteiger partial charge < -0.3 is 10.2 Å². The molecular weight excluding hydrogens is 184 g/mol. The monoisotopic (exact) mass is 196 g/mol. The van der Waals surface area contributed by atoms with E-state index in [1.165, 1.54) is 19.3 Å². The summed E-state index contributed by atoms with van der Waals surface area (Å²) in [6.45, 7) is 2.17. The Morgan fingerprint density at radius 3 is 1.67 bits per heavy atom. The molecule has 0 aromatic carbocycles. The molecule has 0 saturated heterocycles. The summed E-state index contributed by atoms with van der Waals surface area (Å²) in [5, 5.41) is 14.8. The number of aliphatic carboxylic acids is 2. The van der Waals surface area contributed by atoms with Crippen molar-refractivity contribution in [3.63, 3.8) is 0 Å². The molecule has 0 aliphatic carbocycles. The largest absolute Gasteiger partial charge is 0.473 e. The van der Waals surface area contributed by atoms with Crippen molar-refractivity contribution < 1.29 is 19.8 Å². The summed E-state index contributed by atoms with van der Waals surface area (Å²) in [6.07, 6.45) is 3.73. The average Bonchev–Trinajstić information content (AvgIpc) is 2.02. The van der Waals surface area contributed by atoms with Gasteiger partial charge in [0, 0.05) is 5.88 Å². The molecule has 0 atom stereocenters.